The summed E-state index contributed by atoms with van der Waals surface area (Å²) in [5.74, 6) is 6.36. The lowest BCUT2D eigenvalue weighted by atomic mass is 10.3. The quantitative estimate of drug-likeness (QED) is 0.304. The maximum absolute atomic E-state index is 5.54. The Labute approximate surface area is 111 Å². The number of nitrogens with zero attached hydrogens (tertiary/aromatic N) is 4. The minimum absolute atomic E-state index is 0.267. The van der Waals surface area contributed by atoms with E-state index in [1.165, 1.54) is 0 Å². The molecule has 1 saturated heterocycles. The number of piperazine rings is 1. The average molecular weight is 256 g/mol. The SMILES string of the molecule is CC(C)N=C(NN)N1CCN(CCN(C)C)CC1. The van der Waals surface area contributed by atoms with Gasteiger partial charge in [0, 0.05) is 45.3 Å². The van der Waals surface area contributed by atoms with Crippen molar-refractivity contribution in [2.24, 2.45) is 10.8 Å². The Kier molecular flexibility index (Phi) is 6.38. The Morgan fingerprint density at radius 2 is 1.89 bits per heavy atom. The predicted octanol–water partition coefficient (Wildman–Crippen LogP) is -0.607. The van der Waals surface area contributed by atoms with E-state index in [1.807, 2.05) is 0 Å². The van der Waals surface area contributed by atoms with Crippen LogP contribution in [-0.4, -0.2) is 80.1 Å². The summed E-state index contributed by atoms with van der Waals surface area (Å²) in [6.07, 6.45) is 0. The fourth-order valence-electron chi connectivity index (χ4n) is 1.98. The van der Waals surface area contributed by atoms with Crippen molar-refractivity contribution in [3.63, 3.8) is 0 Å². The normalized spacial score (nSPS) is 18.8. The summed E-state index contributed by atoms with van der Waals surface area (Å²) in [4.78, 5) is 11.4. The van der Waals surface area contributed by atoms with Crippen molar-refractivity contribution < 1.29 is 0 Å². The minimum Gasteiger partial charge on any atom is -0.339 e. The third kappa shape index (κ3) is 5.20. The number of hydrogen-bond acceptors (Lipinski definition) is 4. The Bertz CT molecular complexity index is 255. The molecule has 1 fully saturated rings. The Morgan fingerprint density at radius 1 is 1.28 bits per heavy atom. The second-order valence-corrected chi connectivity index (χ2v) is 5.32. The topological polar surface area (TPSA) is 60.1 Å². The highest BCUT2D eigenvalue weighted by Gasteiger charge is 2.19. The lowest BCUT2D eigenvalue weighted by molar-refractivity contribution is 0.166. The number of nitrogens with two attached hydrogens (primary N) is 1. The van der Waals surface area contributed by atoms with Crippen LogP contribution in [-0.2, 0) is 0 Å². The smallest absolute Gasteiger partial charge is 0.208 e. The van der Waals surface area contributed by atoms with Gasteiger partial charge >= 0.3 is 0 Å². The molecule has 0 aromatic carbocycles. The molecule has 1 aliphatic heterocycles. The first-order valence-electron chi connectivity index (χ1n) is 6.69. The Balaban J connectivity index is 2.38. The highest BCUT2D eigenvalue weighted by atomic mass is 15.4. The van der Waals surface area contributed by atoms with E-state index in [1.54, 1.807) is 0 Å². The summed E-state index contributed by atoms with van der Waals surface area (Å²) in [6, 6.07) is 0.267. The summed E-state index contributed by atoms with van der Waals surface area (Å²) in [5, 5.41) is 0. The maximum Gasteiger partial charge on any atom is 0.208 e. The highest BCUT2D eigenvalue weighted by molar-refractivity contribution is 5.79. The van der Waals surface area contributed by atoms with Crippen LogP contribution in [0.1, 0.15) is 13.8 Å². The molecule has 0 saturated carbocycles. The van der Waals surface area contributed by atoms with Crippen molar-refractivity contribution in [2.75, 3.05) is 53.4 Å². The van der Waals surface area contributed by atoms with E-state index in [2.05, 4.69) is 53.1 Å². The maximum atomic E-state index is 5.54. The van der Waals surface area contributed by atoms with Crippen LogP contribution in [0.15, 0.2) is 4.99 Å². The standard InChI is InChI=1S/C12H28N6/c1-11(2)14-12(15-13)18-9-7-17(8-10-18)6-5-16(3)4/h11H,5-10,13H2,1-4H3,(H,14,15). The molecular weight excluding hydrogens is 228 g/mol. The minimum atomic E-state index is 0.267. The van der Waals surface area contributed by atoms with E-state index in [9.17, 15) is 0 Å². The van der Waals surface area contributed by atoms with E-state index < -0.39 is 0 Å². The molecule has 106 valence electrons. The predicted molar refractivity (Wildman–Crippen MR) is 76.5 cm³/mol. The first kappa shape index (κ1) is 15.2. The summed E-state index contributed by atoms with van der Waals surface area (Å²) in [5.41, 5.74) is 2.72. The van der Waals surface area contributed by atoms with E-state index >= 15 is 0 Å². The second-order valence-electron chi connectivity index (χ2n) is 5.32. The summed E-state index contributed by atoms with van der Waals surface area (Å²) in [7, 11) is 4.23. The fraction of sp³-hybridized carbons (Fsp3) is 0.917. The first-order chi connectivity index (χ1) is 8.52. The van der Waals surface area contributed by atoms with Crippen LogP contribution >= 0.6 is 0 Å². The van der Waals surface area contributed by atoms with Crippen molar-refractivity contribution in [3.8, 4) is 0 Å². The number of hydrogen-bond donors (Lipinski definition) is 2. The Morgan fingerprint density at radius 3 is 2.33 bits per heavy atom. The molecule has 0 aromatic heterocycles. The number of likely N-dealkylation sites (N-methyl/N-ethyl adjacent to an activating group) is 1. The third-order valence-electron chi connectivity index (χ3n) is 3.04. The van der Waals surface area contributed by atoms with E-state index in [-0.39, 0.29) is 6.04 Å². The van der Waals surface area contributed by atoms with E-state index in [0.29, 0.717) is 0 Å². The van der Waals surface area contributed by atoms with Gasteiger partial charge in [0.2, 0.25) is 5.96 Å². The lowest BCUT2D eigenvalue weighted by Crippen LogP contribution is -2.54. The van der Waals surface area contributed by atoms with Crippen molar-refractivity contribution >= 4 is 5.96 Å². The van der Waals surface area contributed by atoms with Crippen LogP contribution < -0.4 is 11.3 Å². The molecule has 6 nitrogen and oxygen atoms in total. The van der Waals surface area contributed by atoms with Gasteiger partial charge in [-0.25, -0.2) is 10.8 Å². The molecule has 0 unspecified atom stereocenters. The van der Waals surface area contributed by atoms with Crippen molar-refractivity contribution in [2.45, 2.75) is 19.9 Å². The van der Waals surface area contributed by atoms with Crippen molar-refractivity contribution in [1.29, 1.82) is 0 Å². The average Bonchev–Trinajstić information content (AvgIpc) is 2.34. The molecule has 1 heterocycles. The Hall–Kier alpha value is -0.850. The molecule has 0 radical (unpaired) electrons. The first-order valence-corrected chi connectivity index (χ1v) is 6.69. The molecule has 0 spiro atoms. The molecule has 0 amide bonds. The van der Waals surface area contributed by atoms with Crippen LogP contribution in [0.4, 0.5) is 0 Å². The third-order valence-corrected chi connectivity index (χ3v) is 3.04. The van der Waals surface area contributed by atoms with Crippen LogP contribution in [0.25, 0.3) is 0 Å². The number of guanidine groups is 1. The molecule has 0 bridgehead atoms. The van der Waals surface area contributed by atoms with Gasteiger partial charge in [-0.05, 0) is 27.9 Å². The van der Waals surface area contributed by atoms with Gasteiger partial charge < -0.3 is 9.80 Å². The molecule has 18 heavy (non-hydrogen) atoms. The molecule has 0 aliphatic carbocycles. The summed E-state index contributed by atoms with van der Waals surface area (Å²) < 4.78 is 0. The molecular formula is C12H28N6. The lowest BCUT2D eigenvalue weighted by Gasteiger charge is -2.36. The summed E-state index contributed by atoms with van der Waals surface area (Å²) >= 11 is 0. The van der Waals surface area contributed by atoms with Gasteiger partial charge in [0.25, 0.3) is 0 Å². The zero-order chi connectivity index (χ0) is 13.5. The zero-order valence-electron chi connectivity index (χ0n) is 12.2. The number of aliphatic imine (C=N–C) groups is 1. The highest BCUT2D eigenvalue weighted by Crippen LogP contribution is 2.03. The van der Waals surface area contributed by atoms with Crippen LogP contribution in [0.3, 0.4) is 0 Å². The van der Waals surface area contributed by atoms with E-state index in [4.69, 9.17) is 5.84 Å². The van der Waals surface area contributed by atoms with Crippen molar-refractivity contribution in [1.82, 2.24) is 20.1 Å². The molecule has 3 N–H and O–H groups in total. The van der Waals surface area contributed by atoms with Crippen LogP contribution in [0.2, 0.25) is 0 Å². The molecule has 1 rings (SSSR count). The number of hydrazine groups is 1. The van der Waals surface area contributed by atoms with Gasteiger partial charge in [0.15, 0.2) is 0 Å². The fourth-order valence-corrected chi connectivity index (χ4v) is 1.98. The molecule has 0 aromatic rings. The number of nitrogens with one attached hydrogen (secondary N) is 1. The summed E-state index contributed by atoms with van der Waals surface area (Å²) in [6.45, 7) is 10.5. The van der Waals surface area contributed by atoms with Crippen LogP contribution in [0.5, 0.6) is 0 Å². The van der Waals surface area contributed by atoms with Crippen LogP contribution in [0, 0.1) is 0 Å². The molecule has 6 heteroatoms. The largest absolute Gasteiger partial charge is 0.339 e. The van der Waals surface area contributed by atoms with Gasteiger partial charge in [-0.2, -0.15) is 0 Å². The van der Waals surface area contributed by atoms with Gasteiger partial charge in [0.1, 0.15) is 0 Å². The second kappa shape index (κ2) is 7.56. The monoisotopic (exact) mass is 256 g/mol. The molecule has 1 aliphatic rings. The molecule has 0 atom stereocenters. The zero-order valence-corrected chi connectivity index (χ0v) is 12.2. The van der Waals surface area contributed by atoms with E-state index in [0.717, 1.165) is 45.2 Å². The van der Waals surface area contributed by atoms with Gasteiger partial charge in [0.05, 0.1) is 0 Å². The van der Waals surface area contributed by atoms with Gasteiger partial charge in [-0.3, -0.25) is 10.3 Å². The van der Waals surface area contributed by atoms with Crippen molar-refractivity contribution in [3.05, 3.63) is 0 Å². The number of rotatable bonds is 4. The van der Waals surface area contributed by atoms with Gasteiger partial charge in [-0.1, -0.05) is 0 Å². The van der Waals surface area contributed by atoms with Gasteiger partial charge in [-0.15, -0.1) is 0 Å².